The van der Waals surface area contributed by atoms with Crippen molar-refractivity contribution in [1.29, 1.82) is 0 Å². The summed E-state index contributed by atoms with van der Waals surface area (Å²) in [4.78, 5) is 0. The second-order valence-electron chi connectivity index (χ2n) is 7.82. The van der Waals surface area contributed by atoms with Gasteiger partial charge in [0.2, 0.25) is 0 Å². The summed E-state index contributed by atoms with van der Waals surface area (Å²) in [6.45, 7) is 4.62. The van der Waals surface area contributed by atoms with Crippen LogP contribution >= 0.6 is 0 Å². The first-order chi connectivity index (χ1) is 16.2. The molecule has 0 fully saturated rings. The predicted molar refractivity (Wildman–Crippen MR) is 128 cm³/mol. The fourth-order valence-electron chi connectivity index (χ4n) is 3.45. The number of benzene rings is 3. The summed E-state index contributed by atoms with van der Waals surface area (Å²) >= 11 is 0. The normalized spacial score (nSPS) is 14.8. The fraction of sp³-hybridized carbons (Fsp3) is 0.286. The van der Waals surface area contributed by atoms with Crippen LogP contribution < -0.4 is 0 Å². The van der Waals surface area contributed by atoms with E-state index < -0.39 is 24.4 Å². The van der Waals surface area contributed by atoms with Gasteiger partial charge < -0.3 is 24.4 Å². The molecule has 33 heavy (non-hydrogen) atoms. The molecule has 0 heterocycles. The first-order valence-electron chi connectivity index (χ1n) is 11.1. The summed E-state index contributed by atoms with van der Waals surface area (Å²) < 4.78 is 17.9. The Morgan fingerprint density at radius 1 is 0.636 bits per heavy atom. The summed E-state index contributed by atoms with van der Waals surface area (Å²) in [6.07, 6.45) is -2.32. The van der Waals surface area contributed by atoms with Gasteiger partial charge in [0.1, 0.15) is 24.4 Å². The zero-order chi connectivity index (χ0) is 23.3. The fourth-order valence-corrected chi connectivity index (χ4v) is 3.45. The van der Waals surface area contributed by atoms with Crippen LogP contribution in [0, 0.1) is 0 Å². The van der Waals surface area contributed by atoms with Gasteiger partial charge in [0.15, 0.2) is 0 Å². The summed E-state index contributed by atoms with van der Waals surface area (Å²) in [5, 5.41) is 21.6. The van der Waals surface area contributed by atoms with Gasteiger partial charge in [-0.3, -0.25) is 0 Å². The summed E-state index contributed by atoms with van der Waals surface area (Å²) in [5.74, 6) is 0. The Morgan fingerprint density at radius 3 is 1.52 bits per heavy atom. The topological polar surface area (TPSA) is 68.2 Å². The highest BCUT2D eigenvalue weighted by Crippen LogP contribution is 2.19. The van der Waals surface area contributed by atoms with E-state index in [0.29, 0.717) is 6.61 Å². The average Bonchev–Trinajstić information content (AvgIpc) is 2.87. The van der Waals surface area contributed by atoms with E-state index in [0.717, 1.165) is 16.7 Å². The highest BCUT2D eigenvalue weighted by atomic mass is 16.6. The molecule has 3 aromatic rings. The lowest BCUT2D eigenvalue weighted by Crippen LogP contribution is -2.48. The third-order valence-electron chi connectivity index (χ3n) is 5.25. The number of hydrogen-bond donors (Lipinski definition) is 2. The third kappa shape index (κ3) is 8.24. The van der Waals surface area contributed by atoms with Crippen LogP contribution in [0.1, 0.15) is 16.7 Å². The summed E-state index contributed by atoms with van der Waals surface area (Å²) in [6, 6.07) is 29.1. The smallest absolute Gasteiger partial charge is 0.116 e. The van der Waals surface area contributed by atoms with Crippen LogP contribution in [0.4, 0.5) is 0 Å². The Bertz CT molecular complexity index is 917. The molecule has 4 atom stereocenters. The van der Waals surface area contributed by atoms with Crippen molar-refractivity contribution in [2.24, 2.45) is 0 Å². The van der Waals surface area contributed by atoms with Crippen LogP contribution in [0.15, 0.2) is 104 Å². The van der Waals surface area contributed by atoms with E-state index in [4.69, 9.17) is 14.2 Å². The molecule has 5 nitrogen and oxygen atoms in total. The quantitative estimate of drug-likeness (QED) is 0.360. The molecule has 174 valence electrons. The minimum atomic E-state index is -1.03. The van der Waals surface area contributed by atoms with Crippen LogP contribution in [0.5, 0.6) is 0 Å². The lowest BCUT2D eigenvalue weighted by Gasteiger charge is -2.33. The number of ether oxygens (including phenoxy) is 3. The van der Waals surface area contributed by atoms with E-state index in [9.17, 15) is 10.2 Å². The van der Waals surface area contributed by atoms with Crippen molar-refractivity contribution in [2.75, 3.05) is 6.61 Å². The highest BCUT2D eigenvalue weighted by Gasteiger charge is 2.34. The molecule has 0 aromatic heterocycles. The Kier molecular flexibility index (Phi) is 10.3. The van der Waals surface area contributed by atoms with Gasteiger partial charge in [0.25, 0.3) is 0 Å². The second kappa shape index (κ2) is 13.7. The molecule has 3 aromatic carbocycles. The zero-order valence-electron chi connectivity index (χ0n) is 18.7. The van der Waals surface area contributed by atoms with Crippen molar-refractivity contribution in [3.8, 4) is 0 Å². The Morgan fingerprint density at radius 2 is 1.06 bits per heavy atom. The van der Waals surface area contributed by atoms with Gasteiger partial charge in [-0.2, -0.15) is 0 Å². The molecule has 0 spiro atoms. The van der Waals surface area contributed by atoms with Crippen LogP contribution in [0.3, 0.4) is 0 Å². The molecule has 0 saturated heterocycles. The Balaban J connectivity index is 1.70. The highest BCUT2D eigenvalue weighted by molar-refractivity contribution is 5.15. The number of aliphatic hydroxyl groups excluding tert-OH is 2. The predicted octanol–water partition coefficient (Wildman–Crippen LogP) is 4.28. The molecule has 3 rings (SSSR count). The van der Waals surface area contributed by atoms with E-state index >= 15 is 0 Å². The van der Waals surface area contributed by atoms with Gasteiger partial charge in [-0.1, -0.05) is 97.1 Å². The van der Waals surface area contributed by atoms with Crippen LogP contribution in [0.2, 0.25) is 0 Å². The summed E-state index contributed by atoms with van der Waals surface area (Å²) in [5.41, 5.74) is 2.92. The molecule has 0 amide bonds. The average molecular weight is 449 g/mol. The minimum Gasteiger partial charge on any atom is -0.388 e. The van der Waals surface area contributed by atoms with E-state index in [1.54, 1.807) is 0 Å². The van der Waals surface area contributed by atoms with Gasteiger partial charge in [0.05, 0.1) is 26.4 Å². The lowest BCUT2D eigenvalue weighted by atomic mass is 10.0. The van der Waals surface area contributed by atoms with Gasteiger partial charge in [-0.05, 0) is 16.7 Å². The van der Waals surface area contributed by atoms with Gasteiger partial charge in [-0.15, -0.1) is 6.58 Å². The second-order valence-corrected chi connectivity index (χ2v) is 7.82. The number of rotatable bonds is 14. The van der Waals surface area contributed by atoms with Crippen LogP contribution in [0.25, 0.3) is 0 Å². The van der Waals surface area contributed by atoms with E-state index in [1.807, 2.05) is 91.0 Å². The molecule has 0 saturated carbocycles. The van der Waals surface area contributed by atoms with Crippen molar-refractivity contribution in [3.63, 3.8) is 0 Å². The molecule has 5 heteroatoms. The van der Waals surface area contributed by atoms with E-state index in [2.05, 4.69) is 6.58 Å². The third-order valence-corrected chi connectivity index (χ3v) is 5.25. The molecular formula is C28H32O5. The van der Waals surface area contributed by atoms with Crippen molar-refractivity contribution in [1.82, 2.24) is 0 Å². The maximum atomic E-state index is 11.0. The van der Waals surface area contributed by atoms with Gasteiger partial charge in [-0.25, -0.2) is 0 Å². The largest absolute Gasteiger partial charge is 0.388 e. The van der Waals surface area contributed by atoms with Crippen LogP contribution in [-0.2, 0) is 34.0 Å². The monoisotopic (exact) mass is 448 g/mol. The SMILES string of the molecule is C=CC(O)C(OCc1ccccc1)C(OCc1ccccc1)C(O)COCc1ccccc1. The van der Waals surface area contributed by atoms with E-state index in [-0.39, 0.29) is 19.8 Å². The molecule has 0 aliphatic rings. The van der Waals surface area contributed by atoms with E-state index in [1.165, 1.54) is 6.08 Å². The van der Waals surface area contributed by atoms with Crippen molar-refractivity contribution in [2.45, 2.75) is 44.2 Å². The summed E-state index contributed by atoms with van der Waals surface area (Å²) in [7, 11) is 0. The maximum absolute atomic E-state index is 11.0. The Labute approximate surface area is 195 Å². The van der Waals surface area contributed by atoms with Gasteiger partial charge in [0, 0.05) is 0 Å². The molecule has 2 N–H and O–H groups in total. The standard InChI is InChI=1S/C28H32O5/c1-2-25(29)27(32-19-23-14-8-4-9-15-23)28(33-20-24-16-10-5-11-17-24)26(30)21-31-18-22-12-6-3-7-13-22/h2-17,25-30H,1,18-21H2. The maximum Gasteiger partial charge on any atom is 0.116 e. The van der Waals surface area contributed by atoms with Crippen molar-refractivity contribution < 1.29 is 24.4 Å². The molecule has 0 aliphatic heterocycles. The molecule has 4 unspecified atom stereocenters. The lowest BCUT2D eigenvalue weighted by molar-refractivity contribution is -0.168. The van der Waals surface area contributed by atoms with Crippen molar-refractivity contribution in [3.05, 3.63) is 120 Å². The molecule has 0 aliphatic carbocycles. The van der Waals surface area contributed by atoms with Crippen LogP contribution in [-0.4, -0.2) is 41.2 Å². The molecular weight excluding hydrogens is 416 g/mol. The number of aliphatic hydroxyl groups is 2. The minimum absolute atomic E-state index is 0.0312. The zero-order valence-corrected chi connectivity index (χ0v) is 18.7. The Hall–Kier alpha value is -2.80. The van der Waals surface area contributed by atoms with Gasteiger partial charge >= 0.3 is 0 Å². The first-order valence-corrected chi connectivity index (χ1v) is 11.1. The number of hydrogen-bond acceptors (Lipinski definition) is 5. The molecule has 0 radical (unpaired) electrons. The first kappa shape index (κ1) is 24.8. The van der Waals surface area contributed by atoms with Crippen molar-refractivity contribution >= 4 is 0 Å². The molecule has 0 bridgehead atoms.